The third-order valence-electron chi connectivity index (χ3n) is 4.24. The number of ether oxygens (including phenoxy) is 2. The standard InChI is InChI=1S/C22H24N2O4/c1-4-17-7-6-8-18(5-2)21(17)24-20(25)14-27-22(26)15(3)28-19-11-9-16(13-23)10-12-19/h6-12,15H,4-5,14H2,1-3H3,(H,24,25)/t15-/m0/s1. The summed E-state index contributed by atoms with van der Waals surface area (Å²) in [6.45, 7) is 5.19. The van der Waals surface area contributed by atoms with E-state index in [0.29, 0.717) is 11.3 Å². The number of hydrogen-bond donors (Lipinski definition) is 1. The monoisotopic (exact) mass is 380 g/mol. The number of amides is 1. The van der Waals surface area contributed by atoms with Crippen LogP contribution in [0.2, 0.25) is 0 Å². The zero-order valence-electron chi connectivity index (χ0n) is 16.3. The first-order chi connectivity index (χ1) is 13.5. The molecule has 2 aromatic rings. The Hall–Kier alpha value is -3.33. The smallest absolute Gasteiger partial charge is 0.347 e. The topological polar surface area (TPSA) is 88.4 Å². The number of nitrogens with one attached hydrogen (secondary N) is 1. The van der Waals surface area contributed by atoms with Gasteiger partial charge in [-0.05, 0) is 55.2 Å². The van der Waals surface area contributed by atoms with E-state index in [9.17, 15) is 9.59 Å². The summed E-state index contributed by atoms with van der Waals surface area (Å²) >= 11 is 0. The van der Waals surface area contributed by atoms with Crippen LogP contribution in [0.3, 0.4) is 0 Å². The molecule has 6 heteroatoms. The van der Waals surface area contributed by atoms with Crippen molar-refractivity contribution < 1.29 is 19.1 Å². The van der Waals surface area contributed by atoms with Crippen molar-refractivity contribution in [3.05, 3.63) is 59.2 Å². The number of esters is 1. The lowest BCUT2D eigenvalue weighted by molar-refractivity contribution is -0.153. The second-order valence-electron chi connectivity index (χ2n) is 6.21. The molecule has 0 radical (unpaired) electrons. The van der Waals surface area contributed by atoms with Crippen LogP contribution in [-0.2, 0) is 27.2 Å². The fourth-order valence-corrected chi connectivity index (χ4v) is 2.69. The molecule has 0 aromatic heterocycles. The molecule has 0 heterocycles. The van der Waals surface area contributed by atoms with Crippen molar-refractivity contribution in [3.8, 4) is 11.8 Å². The molecule has 1 atom stereocenters. The van der Waals surface area contributed by atoms with Crippen LogP contribution >= 0.6 is 0 Å². The number of rotatable bonds is 8. The van der Waals surface area contributed by atoms with Gasteiger partial charge in [0.2, 0.25) is 0 Å². The van der Waals surface area contributed by atoms with Gasteiger partial charge in [0.1, 0.15) is 5.75 Å². The number of para-hydroxylation sites is 1. The summed E-state index contributed by atoms with van der Waals surface area (Å²) in [6.07, 6.45) is 0.701. The van der Waals surface area contributed by atoms with Crippen LogP contribution in [0.25, 0.3) is 0 Å². The molecule has 1 N–H and O–H groups in total. The average Bonchev–Trinajstić information content (AvgIpc) is 2.72. The number of benzene rings is 2. The molecule has 0 fully saturated rings. The van der Waals surface area contributed by atoms with Crippen molar-refractivity contribution in [2.24, 2.45) is 0 Å². The van der Waals surface area contributed by atoms with Crippen molar-refractivity contribution in [2.45, 2.75) is 39.7 Å². The van der Waals surface area contributed by atoms with Crippen molar-refractivity contribution in [2.75, 3.05) is 11.9 Å². The van der Waals surface area contributed by atoms with Crippen LogP contribution < -0.4 is 10.1 Å². The van der Waals surface area contributed by atoms with E-state index in [4.69, 9.17) is 14.7 Å². The number of carbonyl (C=O) groups is 2. The van der Waals surface area contributed by atoms with Crippen LogP contribution in [0.5, 0.6) is 5.75 Å². The highest BCUT2D eigenvalue weighted by Crippen LogP contribution is 2.22. The highest BCUT2D eigenvalue weighted by atomic mass is 16.6. The molecule has 6 nitrogen and oxygen atoms in total. The largest absolute Gasteiger partial charge is 0.479 e. The van der Waals surface area contributed by atoms with Gasteiger partial charge in [-0.1, -0.05) is 32.0 Å². The molecular weight excluding hydrogens is 356 g/mol. The van der Waals surface area contributed by atoms with E-state index in [2.05, 4.69) is 5.32 Å². The van der Waals surface area contributed by atoms with E-state index in [0.717, 1.165) is 29.7 Å². The molecule has 0 aliphatic rings. The molecular formula is C22H24N2O4. The van der Waals surface area contributed by atoms with Crippen LogP contribution in [0.1, 0.15) is 37.5 Å². The number of nitrogens with zero attached hydrogens (tertiary/aromatic N) is 1. The van der Waals surface area contributed by atoms with Gasteiger partial charge in [0.25, 0.3) is 5.91 Å². The van der Waals surface area contributed by atoms with Gasteiger partial charge in [0.15, 0.2) is 12.7 Å². The van der Waals surface area contributed by atoms with E-state index in [-0.39, 0.29) is 6.61 Å². The maximum absolute atomic E-state index is 12.2. The zero-order valence-corrected chi connectivity index (χ0v) is 16.3. The van der Waals surface area contributed by atoms with E-state index in [1.807, 2.05) is 38.1 Å². The van der Waals surface area contributed by atoms with Gasteiger partial charge < -0.3 is 14.8 Å². The molecule has 0 saturated carbocycles. The summed E-state index contributed by atoms with van der Waals surface area (Å²) in [5.41, 5.74) is 3.36. The Balaban J connectivity index is 1.90. The molecule has 146 valence electrons. The first kappa shape index (κ1) is 21.0. The summed E-state index contributed by atoms with van der Waals surface area (Å²) in [5, 5.41) is 11.6. The molecule has 0 aliphatic carbocycles. The Bertz CT molecular complexity index is 847. The van der Waals surface area contributed by atoms with Gasteiger partial charge in [0, 0.05) is 5.69 Å². The predicted molar refractivity (Wildman–Crippen MR) is 106 cm³/mol. The minimum Gasteiger partial charge on any atom is -0.479 e. The first-order valence-electron chi connectivity index (χ1n) is 9.22. The molecule has 1 amide bonds. The van der Waals surface area contributed by atoms with Crippen LogP contribution in [-0.4, -0.2) is 24.6 Å². The maximum atomic E-state index is 12.2. The summed E-state index contributed by atoms with van der Waals surface area (Å²) < 4.78 is 10.6. The number of aryl methyl sites for hydroxylation is 2. The fourth-order valence-electron chi connectivity index (χ4n) is 2.69. The van der Waals surface area contributed by atoms with E-state index in [1.54, 1.807) is 31.2 Å². The molecule has 0 unspecified atom stereocenters. The van der Waals surface area contributed by atoms with Gasteiger partial charge in [-0.2, -0.15) is 5.26 Å². The van der Waals surface area contributed by atoms with Crippen LogP contribution in [0.15, 0.2) is 42.5 Å². The number of nitriles is 1. The molecule has 0 saturated heterocycles. The van der Waals surface area contributed by atoms with E-state index < -0.39 is 18.0 Å². The summed E-state index contributed by atoms with van der Waals surface area (Å²) in [7, 11) is 0. The lowest BCUT2D eigenvalue weighted by Crippen LogP contribution is -2.30. The highest BCUT2D eigenvalue weighted by molar-refractivity contribution is 5.94. The van der Waals surface area contributed by atoms with Gasteiger partial charge in [-0.3, -0.25) is 4.79 Å². The van der Waals surface area contributed by atoms with Gasteiger partial charge in [-0.25, -0.2) is 4.79 Å². The lowest BCUT2D eigenvalue weighted by Gasteiger charge is -2.16. The predicted octanol–water partition coefficient (Wildman–Crippen LogP) is 3.63. The SMILES string of the molecule is CCc1cccc(CC)c1NC(=O)COC(=O)[C@H](C)Oc1ccc(C#N)cc1. The Morgan fingerprint density at radius 1 is 1.07 bits per heavy atom. The minimum atomic E-state index is -0.880. The summed E-state index contributed by atoms with van der Waals surface area (Å²) in [5.74, 6) is -0.592. The third-order valence-corrected chi connectivity index (χ3v) is 4.24. The molecule has 0 spiro atoms. The molecule has 0 bridgehead atoms. The quantitative estimate of drug-likeness (QED) is 0.707. The van der Waals surface area contributed by atoms with Gasteiger partial charge in [0.05, 0.1) is 11.6 Å². The first-order valence-corrected chi connectivity index (χ1v) is 9.22. The van der Waals surface area contributed by atoms with Crippen LogP contribution in [0, 0.1) is 11.3 Å². The Labute approximate surface area is 165 Å². The van der Waals surface area contributed by atoms with Crippen molar-refractivity contribution in [3.63, 3.8) is 0 Å². The minimum absolute atomic E-state index is 0.388. The summed E-state index contributed by atoms with van der Waals surface area (Å²) in [4.78, 5) is 24.3. The normalized spacial score (nSPS) is 11.2. The number of anilines is 1. The van der Waals surface area contributed by atoms with Crippen molar-refractivity contribution in [1.29, 1.82) is 5.26 Å². The van der Waals surface area contributed by atoms with E-state index >= 15 is 0 Å². The van der Waals surface area contributed by atoms with E-state index in [1.165, 1.54) is 0 Å². The molecule has 28 heavy (non-hydrogen) atoms. The number of carbonyl (C=O) groups excluding carboxylic acids is 2. The van der Waals surface area contributed by atoms with Gasteiger partial charge in [-0.15, -0.1) is 0 Å². The second-order valence-corrected chi connectivity index (χ2v) is 6.21. The Morgan fingerprint density at radius 3 is 2.21 bits per heavy atom. The lowest BCUT2D eigenvalue weighted by atomic mass is 10.0. The zero-order chi connectivity index (χ0) is 20.5. The third kappa shape index (κ3) is 5.58. The molecule has 2 rings (SSSR count). The van der Waals surface area contributed by atoms with Crippen molar-refractivity contribution >= 4 is 17.6 Å². The fraction of sp³-hybridized carbons (Fsp3) is 0.318. The van der Waals surface area contributed by atoms with Gasteiger partial charge >= 0.3 is 5.97 Å². The Morgan fingerprint density at radius 2 is 1.68 bits per heavy atom. The highest BCUT2D eigenvalue weighted by Gasteiger charge is 2.18. The average molecular weight is 380 g/mol. The van der Waals surface area contributed by atoms with Crippen molar-refractivity contribution in [1.82, 2.24) is 0 Å². The number of hydrogen-bond acceptors (Lipinski definition) is 5. The maximum Gasteiger partial charge on any atom is 0.347 e. The Kier molecular flexibility index (Phi) is 7.58. The molecule has 2 aromatic carbocycles. The summed E-state index contributed by atoms with van der Waals surface area (Å²) in [6, 6.07) is 14.3. The molecule has 0 aliphatic heterocycles. The van der Waals surface area contributed by atoms with Crippen LogP contribution in [0.4, 0.5) is 5.69 Å². The second kappa shape index (κ2) is 10.1.